The van der Waals surface area contributed by atoms with E-state index in [2.05, 4.69) is 30.1 Å². The average Bonchev–Trinajstić information content (AvgIpc) is 3.31. The van der Waals surface area contributed by atoms with Crippen molar-refractivity contribution < 1.29 is 23.6 Å². The van der Waals surface area contributed by atoms with Crippen LogP contribution in [0.3, 0.4) is 0 Å². The Morgan fingerprint density at radius 1 is 1.13 bits per heavy atom. The van der Waals surface area contributed by atoms with Gasteiger partial charge in [-0.3, -0.25) is 4.79 Å². The molecule has 7 heteroatoms. The number of likely N-dealkylation sites (N-methyl/N-ethyl adjacent to an activating group) is 1. The number of aliphatic carboxylic acids is 1. The van der Waals surface area contributed by atoms with Crippen molar-refractivity contribution in [2.75, 3.05) is 27.7 Å². The molecule has 2 aromatic rings. The smallest absolute Gasteiger partial charge is 0.287 e. The van der Waals surface area contributed by atoms with E-state index in [9.17, 15) is 14.7 Å². The Labute approximate surface area is 188 Å². The van der Waals surface area contributed by atoms with E-state index in [1.54, 1.807) is 23.5 Å². The number of hydrogen-bond acceptors (Lipinski definition) is 5. The molecule has 0 unspecified atom stereocenters. The van der Waals surface area contributed by atoms with Gasteiger partial charge in [-0.05, 0) is 48.9 Å². The molecule has 0 aliphatic heterocycles. The van der Waals surface area contributed by atoms with Gasteiger partial charge in [-0.1, -0.05) is 26.2 Å². The highest BCUT2D eigenvalue weighted by Gasteiger charge is 2.22. The summed E-state index contributed by atoms with van der Waals surface area (Å²) in [4.78, 5) is 25.8. The van der Waals surface area contributed by atoms with Gasteiger partial charge in [0.1, 0.15) is 0 Å². The van der Waals surface area contributed by atoms with Crippen LogP contribution in [-0.4, -0.2) is 50.1 Å². The third-order valence-corrected chi connectivity index (χ3v) is 5.65. The fourth-order valence-corrected chi connectivity index (χ4v) is 4.14. The molecule has 0 aromatic carbocycles. The first-order chi connectivity index (χ1) is 14.7. The first-order valence-corrected chi connectivity index (χ1v) is 11.5. The van der Waals surface area contributed by atoms with Crippen molar-refractivity contribution in [3.05, 3.63) is 45.5 Å². The fourth-order valence-electron chi connectivity index (χ4n) is 3.24. The molecular formula is C24H32N2O4S. The van der Waals surface area contributed by atoms with Crippen molar-refractivity contribution in [3.8, 4) is 11.8 Å². The maximum Gasteiger partial charge on any atom is 0.287 e. The summed E-state index contributed by atoms with van der Waals surface area (Å²) in [6, 6.07) is 6.77. The number of rotatable bonds is 11. The Hall–Kier alpha value is -2.56. The fraction of sp³-hybridized carbons (Fsp3) is 0.500. The first-order valence-electron chi connectivity index (χ1n) is 10.7. The second kappa shape index (κ2) is 11.7. The predicted molar refractivity (Wildman–Crippen MR) is 121 cm³/mol. The van der Waals surface area contributed by atoms with Crippen molar-refractivity contribution in [3.63, 3.8) is 0 Å². The second-order valence-electron chi connectivity index (χ2n) is 8.71. The van der Waals surface area contributed by atoms with Crippen LogP contribution in [0.1, 0.15) is 65.1 Å². The minimum absolute atomic E-state index is 0.108. The molecule has 168 valence electrons. The zero-order valence-corrected chi connectivity index (χ0v) is 19.6. The van der Waals surface area contributed by atoms with E-state index in [-0.39, 0.29) is 12.2 Å². The number of carboxylic acids is 1. The summed E-state index contributed by atoms with van der Waals surface area (Å²) in [5.74, 6) is 4.88. The minimum atomic E-state index is -1.20. The van der Waals surface area contributed by atoms with Gasteiger partial charge in [-0.25, -0.2) is 0 Å². The van der Waals surface area contributed by atoms with E-state index in [0.717, 1.165) is 11.3 Å². The van der Waals surface area contributed by atoms with Gasteiger partial charge in [-0.2, -0.15) is 0 Å². The van der Waals surface area contributed by atoms with Crippen molar-refractivity contribution in [2.45, 2.75) is 51.5 Å². The number of aryl methyl sites for hydroxylation is 1. The van der Waals surface area contributed by atoms with Crippen LogP contribution < -0.4 is 10.4 Å². The molecule has 0 aliphatic carbocycles. The van der Waals surface area contributed by atoms with Crippen LogP contribution in [0, 0.1) is 11.8 Å². The Kier molecular flexibility index (Phi) is 9.35. The Morgan fingerprint density at radius 2 is 1.90 bits per heavy atom. The molecule has 0 saturated carbocycles. The summed E-state index contributed by atoms with van der Waals surface area (Å²) >= 11 is 1.68. The number of quaternary nitrogens is 1. The van der Waals surface area contributed by atoms with E-state index in [1.807, 2.05) is 27.2 Å². The highest BCUT2D eigenvalue weighted by molar-refractivity contribution is 7.12. The summed E-state index contributed by atoms with van der Waals surface area (Å²) in [6.07, 6.45) is 5.79. The number of carboxylic acid groups (broad SMARTS) is 1. The Morgan fingerprint density at radius 3 is 2.58 bits per heavy atom. The van der Waals surface area contributed by atoms with E-state index in [0.29, 0.717) is 16.8 Å². The number of amides is 1. The summed E-state index contributed by atoms with van der Waals surface area (Å²) in [5, 5.41) is 13.7. The van der Waals surface area contributed by atoms with Crippen molar-refractivity contribution >= 4 is 23.2 Å². The number of nitrogens with one attached hydrogen (secondary N) is 1. The minimum Gasteiger partial charge on any atom is -0.550 e. The molecule has 1 N–H and O–H groups in total. The number of carbonyl (C=O) groups excluding carboxylic acids is 2. The lowest BCUT2D eigenvalue weighted by molar-refractivity contribution is -0.871. The lowest BCUT2D eigenvalue weighted by Crippen LogP contribution is -2.50. The van der Waals surface area contributed by atoms with E-state index in [4.69, 9.17) is 4.42 Å². The molecule has 0 fully saturated rings. The average molecular weight is 445 g/mol. The number of unbranched alkanes of at least 4 members (excludes halogenated alkanes) is 3. The van der Waals surface area contributed by atoms with Crippen LogP contribution in [0.15, 0.2) is 28.7 Å². The highest BCUT2D eigenvalue weighted by atomic mass is 32.1. The monoisotopic (exact) mass is 444 g/mol. The molecule has 0 radical (unpaired) electrons. The molecule has 6 nitrogen and oxygen atoms in total. The molecule has 2 rings (SSSR count). The van der Waals surface area contributed by atoms with Crippen molar-refractivity contribution in [2.24, 2.45) is 0 Å². The summed E-state index contributed by atoms with van der Waals surface area (Å²) < 4.78 is 6.06. The van der Waals surface area contributed by atoms with Crippen LogP contribution in [0.4, 0.5) is 0 Å². The normalized spacial score (nSPS) is 12.1. The largest absolute Gasteiger partial charge is 0.550 e. The Bertz CT molecular complexity index is 927. The number of carbonyl (C=O) groups is 2. The van der Waals surface area contributed by atoms with E-state index in [1.165, 1.54) is 30.6 Å². The van der Waals surface area contributed by atoms with E-state index < -0.39 is 17.9 Å². The van der Waals surface area contributed by atoms with Gasteiger partial charge in [0, 0.05) is 17.3 Å². The zero-order valence-electron chi connectivity index (χ0n) is 18.8. The summed E-state index contributed by atoms with van der Waals surface area (Å²) in [6.45, 7) is 2.66. The molecule has 0 bridgehead atoms. The van der Waals surface area contributed by atoms with Gasteiger partial charge < -0.3 is 24.1 Å². The molecule has 0 saturated heterocycles. The number of thiophene rings is 1. The van der Waals surface area contributed by atoms with Gasteiger partial charge in [0.2, 0.25) is 0 Å². The lowest BCUT2D eigenvalue weighted by atomic mass is 10.1. The predicted octanol–water partition coefficient (Wildman–Crippen LogP) is 2.81. The molecule has 2 heterocycles. The van der Waals surface area contributed by atoms with Gasteiger partial charge >= 0.3 is 0 Å². The number of hydrogen-bond donors (Lipinski definition) is 1. The van der Waals surface area contributed by atoms with Crippen LogP contribution in [0.25, 0.3) is 0 Å². The van der Waals surface area contributed by atoms with Crippen LogP contribution in [0.5, 0.6) is 0 Å². The quantitative estimate of drug-likeness (QED) is 0.328. The van der Waals surface area contributed by atoms with Crippen molar-refractivity contribution in [1.29, 1.82) is 0 Å². The van der Waals surface area contributed by atoms with Crippen LogP contribution in [-0.2, 0) is 11.2 Å². The SMILES string of the molecule is CCCCCCc1ccc(C#Cc2ccc(C(=O)N[C@H](CC(=O)[O-])C[N+](C)(C)C)o2)s1. The standard InChI is InChI=1S/C24H32N2O4S/c1-5-6-7-8-9-20-13-14-21(31-20)12-10-19-11-15-22(30-19)24(29)25-18(16-23(27)28)17-26(2,3)4/h11,13-15,18H,5-9,16-17H2,1-4H3,(H-,25,27,28,29)/t18-/m1/s1. The molecular weight excluding hydrogens is 412 g/mol. The number of furan rings is 1. The van der Waals surface area contributed by atoms with Crippen molar-refractivity contribution in [1.82, 2.24) is 5.32 Å². The third-order valence-electron chi connectivity index (χ3n) is 4.59. The second-order valence-corrected chi connectivity index (χ2v) is 9.88. The topological polar surface area (TPSA) is 82.4 Å². The van der Waals surface area contributed by atoms with Gasteiger partial charge in [0.05, 0.1) is 38.6 Å². The number of nitrogens with zero attached hydrogens (tertiary/aromatic N) is 1. The van der Waals surface area contributed by atoms with E-state index >= 15 is 0 Å². The molecule has 0 aliphatic rings. The van der Waals surface area contributed by atoms with Crippen LogP contribution >= 0.6 is 11.3 Å². The molecule has 0 spiro atoms. The summed E-state index contributed by atoms with van der Waals surface area (Å²) in [7, 11) is 5.78. The van der Waals surface area contributed by atoms with Gasteiger partial charge in [0.25, 0.3) is 5.91 Å². The molecule has 2 aromatic heterocycles. The van der Waals surface area contributed by atoms with Gasteiger partial charge in [-0.15, -0.1) is 11.3 Å². The van der Waals surface area contributed by atoms with Crippen LogP contribution in [0.2, 0.25) is 0 Å². The molecule has 31 heavy (non-hydrogen) atoms. The first kappa shape index (κ1) is 24.7. The van der Waals surface area contributed by atoms with Gasteiger partial charge in [0.15, 0.2) is 11.5 Å². The highest BCUT2D eigenvalue weighted by Crippen LogP contribution is 2.18. The lowest BCUT2D eigenvalue weighted by Gasteiger charge is -2.29. The maximum absolute atomic E-state index is 12.5. The molecule has 1 amide bonds. The zero-order chi connectivity index (χ0) is 22.9. The summed E-state index contributed by atoms with van der Waals surface area (Å²) in [5.41, 5.74) is 0. The maximum atomic E-state index is 12.5. The Balaban J connectivity index is 1.96. The third kappa shape index (κ3) is 9.41. The molecule has 1 atom stereocenters.